The second-order valence-corrected chi connectivity index (χ2v) is 5.94. The fraction of sp³-hybridized carbons (Fsp3) is 0.167. The smallest absolute Gasteiger partial charge is 0.321 e. The molecule has 22 heavy (non-hydrogen) atoms. The van der Waals surface area contributed by atoms with Gasteiger partial charge in [0.15, 0.2) is 5.82 Å². The van der Waals surface area contributed by atoms with Crippen molar-refractivity contribution in [2.45, 2.75) is 4.90 Å². The molecule has 2 aromatic rings. The molecule has 9 nitrogen and oxygen atoms in total. The second kappa shape index (κ2) is 6.03. The molecule has 0 fully saturated rings. The monoisotopic (exact) mass is 325 g/mol. The van der Waals surface area contributed by atoms with E-state index in [-0.39, 0.29) is 22.6 Å². The van der Waals surface area contributed by atoms with Gasteiger partial charge in [-0.2, -0.15) is 22.8 Å². The normalized spacial score (nSPS) is 11.0. The number of methoxy groups -OCH3 is 2. The largest absolute Gasteiger partial charge is 0.481 e. The summed E-state index contributed by atoms with van der Waals surface area (Å²) >= 11 is 0. The number of nitrogens with zero attached hydrogens (tertiary/aromatic N) is 3. The zero-order valence-electron chi connectivity index (χ0n) is 11.9. The predicted molar refractivity (Wildman–Crippen MR) is 79.8 cm³/mol. The van der Waals surface area contributed by atoms with E-state index in [1.165, 1.54) is 44.6 Å². The van der Waals surface area contributed by atoms with Gasteiger partial charge in [0.05, 0.1) is 19.1 Å². The Morgan fingerprint density at radius 2 is 1.73 bits per heavy atom. The lowest BCUT2D eigenvalue weighted by atomic mass is 10.3. The van der Waals surface area contributed by atoms with E-state index in [1.807, 2.05) is 0 Å². The molecule has 2 rings (SSSR count). The van der Waals surface area contributed by atoms with E-state index in [1.54, 1.807) is 0 Å². The van der Waals surface area contributed by atoms with Gasteiger partial charge in [-0.25, -0.2) is 5.84 Å². The molecule has 0 aliphatic heterocycles. The van der Waals surface area contributed by atoms with Crippen molar-refractivity contribution in [3.05, 3.63) is 30.3 Å². The average Bonchev–Trinajstić information content (AvgIpc) is 2.53. The molecule has 1 aromatic heterocycles. The topological polar surface area (TPSA) is 134 Å². The number of hydrogen-bond acceptors (Lipinski definition) is 8. The molecule has 0 saturated carbocycles. The third-order valence-corrected chi connectivity index (χ3v) is 4.30. The minimum Gasteiger partial charge on any atom is -0.481 e. The molecule has 0 saturated heterocycles. The number of sulfonamides is 1. The number of aromatic nitrogens is 2. The molecule has 0 radical (unpaired) electrons. The first-order valence-corrected chi connectivity index (χ1v) is 7.45. The van der Waals surface area contributed by atoms with Crippen LogP contribution in [0.2, 0.25) is 0 Å². The maximum atomic E-state index is 12.5. The van der Waals surface area contributed by atoms with E-state index >= 15 is 0 Å². The van der Waals surface area contributed by atoms with E-state index in [0.717, 1.165) is 0 Å². The lowest BCUT2D eigenvalue weighted by Crippen LogP contribution is -2.38. The third-order valence-electron chi connectivity index (χ3n) is 2.72. The number of ether oxygens (including phenoxy) is 2. The standard InChI is InChI=1S/C12H15N5O4S/c1-20-11-7-10(15-12(16-11)21-2)17(14)22(18,19)9-5-3-8(13)4-6-9/h3-7H,13-14H2,1-2H3. The van der Waals surface area contributed by atoms with E-state index in [9.17, 15) is 8.42 Å². The van der Waals surface area contributed by atoms with Crippen molar-refractivity contribution < 1.29 is 17.9 Å². The van der Waals surface area contributed by atoms with Crippen LogP contribution in [0.15, 0.2) is 35.2 Å². The van der Waals surface area contributed by atoms with Gasteiger partial charge in [-0.05, 0) is 24.3 Å². The average molecular weight is 325 g/mol. The van der Waals surface area contributed by atoms with Gasteiger partial charge in [-0.1, -0.05) is 0 Å². The number of nitrogen functional groups attached to an aromatic ring is 1. The number of benzene rings is 1. The SMILES string of the molecule is COc1cc(N(N)S(=O)(=O)c2ccc(N)cc2)nc(OC)n1. The zero-order chi connectivity index (χ0) is 16.3. The maximum absolute atomic E-state index is 12.5. The van der Waals surface area contributed by atoms with E-state index in [4.69, 9.17) is 21.1 Å². The number of nitrogens with two attached hydrogens (primary N) is 2. The van der Waals surface area contributed by atoms with E-state index in [2.05, 4.69) is 9.97 Å². The van der Waals surface area contributed by atoms with Crippen LogP contribution in [0.25, 0.3) is 0 Å². The molecular weight excluding hydrogens is 310 g/mol. The third kappa shape index (κ3) is 3.02. The highest BCUT2D eigenvalue weighted by atomic mass is 32.2. The summed E-state index contributed by atoms with van der Waals surface area (Å²) in [5.41, 5.74) is 5.98. The minimum atomic E-state index is -4.00. The maximum Gasteiger partial charge on any atom is 0.321 e. The fourth-order valence-electron chi connectivity index (χ4n) is 1.58. The Balaban J connectivity index is 2.46. The van der Waals surface area contributed by atoms with E-state index < -0.39 is 10.0 Å². The van der Waals surface area contributed by atoms with Gasteiger partial charge in [-0.3, -0.25) is 0 Å². The van der Waals surface area contributed by atoms with Crippen molar-refractivity contribution in [3.63, 3.8) is 0 Å². The number of rotatable bonds is 5. The lowest BCUT2D eigenvalue weighted by Gasteiger charge is -2.18. The first-order chi connectivity index (χ1) is 10.4. The van der Waals surface area contributed by atoms with Crippen LogP contribution in [-0.2, 0) is 10.0 Å². The Bertz CT molecular complexity index is 741. The van der Waals surface area contributed by atoms with Gasteiger partial charge >= 0.3 is 6.01 Å². The molecular formula is C12H15N5O4S. The Morgan fingerprint density at radius 3 is 2.27 bits per heavy atom. The predicted octanol–water partition coefficient (Wildman–Crippen LogP) is 0.145. The van der Waals surface area contributed by atoms with Crippen molar-refractivity contribution in [1.82, 2.24) is 9.97 Å². The molecule has 4 N–H and O–H groups in total. The van der Waals surface area contributed by atoms with Crippen molar-refractivity contribution in [1.29, 1.82) is 0 Å². The van der Waals surface area contributed by atoms with Crippen LogP contribution in [0.3, 0.4) is 0 Å². The number of anilines is 2. The van der Waals surface area contributed by atoms with Gasteiger partial charge in [0.1, 0.15) is 0 Å². The molecule has 0 unspecified atom stereocenters. The van der Waals surface area contributed by atoms with Crippen LogP contribution in [0.1, 0.15) is 0 Å². The lowest BCUT2D eigenvalue weighted by molar-refractivity contribution is 0.352. The fourth-order valence-corrected chi connectivity index (χ4v) is 2.62. The first-order valence-electron chi connectivity index (χ1n) is 6.01. The molecule has 118 valence electrons. The summed E-state index contributed by atoms with van der Waals surface area (Å²) in [6, 6.07) is 6.82. The van der Waals surface area contributed by atoms with Gasteiger partial charge in [0.2, 0.25) is 5.88 Å². The molecule has 10 heteroatoms. The van der Waals surface area contributed by atoms with Crippen LogP contribution in [0, 0.1) is 0 Å². The van der Waals surface area contributed by atoms with Crippen LogP contribution in [0.4, 0.5) is 11.5 Å². The minimum absolute atomic E-state index is 0.0271. The highest BCUT2D eigenvalue weighted by Gasteiger charge is 2.24. The van der Waals surface area contributed by atoms with Crippen LogP contribution < -0.4 is 25.5 Å². The van der Waals surface area contributed by atoms with Crippen molar-refractivity contribution in [2.75, 3.05) is 24.4 Å². The summed E-state index contributed by atoms with van der Waals surface area (Å²) in [7, 11) is -1.29. The van der Waals surface area contributed by atoms with Crippen LogP contribution >= 0.6 is 0 Å². The summed E-state index contributed by atoms with van der Waals surface area (Å²) < 4.78 is 35.3. The quantitative estimate of drug-likeness (QED) is 0.450. The summed E-state index contributed by atoms with van der Waals surface area (Å²) in [6.07, 6.45) is 0. The Kier molecular flexibility index (Phi) is 4.33. The highest BCUT2D eigenvalue weighted by molar-refractivity contribution is 7.92. The van der Waals surface area contributed by atoms with Crippen molar-refractivity contribution in [3.8, 4) is 11.9 Å². The van der Waals surface area contributed by atoms with Gasteiger partial charge in [0, 0.05) is 11.8 Å². The zero-order valence-corrected chi connectivity index (χ0v) is 12.7. The molecule has 0 aliphatic rings. The molecule has 0 amide bonds. The Hall–Kier alpha value is -2.59. The van der Waals surface area contributed by atoms with E-state index in [0.29, 0.717) is 10.1 Å². The molecule has 1 aromatic carbocycles. The van der Waals surface area contributed by atoms with Gasteiger partial charge in [0.25, 0.3) is 10.0 Å². The van der Waals surface area contributed by atoms with Gasteiger partial charge < -0.3 is 15.2 Å². The molecule has 0 bridgehead atoms. The van der Waals surface area contributed by atoms with Crippen LogP contribution in [0.5, 0.6) is 11.9 Å². The molecule has 0 spiro atoms. The Morgan fingerprint density at radius 1 is 1.09 bits per heavy atom. The summed E-state index contributed by atoms with van der Waals surface area (Å²) in [5.74, 6) is 5.72. The first kappa shape index (κ1) is 15.8. The highest BCUT2D eigenvalue weighted by Crippen LogP contribution is 2.24. The Labute approximate surface area is 127 Å². The second-order valence-electron chi connectivity index (χ2n) is 4.13. The molecule has 1 heterocycles. The molecule has 0 atom stereocenters. The number of hydrazine groups is 1. The van der Waals surface area contributed by atoms with Crippen LogP contribution in [-0.4, -0.2) is 32.6 Å². The molecule has 0 aliphatic carbocycles. The summed E-state index contributed by atoms with van der Waals surface area (Å²) in [4.78, 5) is 7.74. The van der Waals surface area contributed by atoms with Gasteiger partial charge in [-0.15, -0.1) is 0 Å². The number of hydrogen-bond donors (Lipinski definition) is 2. The van der Waals surface area contributed by atoms with Crippen molar-refractivity contribution in [2.24, 2.45) is 5.84 Å². The summed E-state index contributed by atoms with van der Waals surface area (Å²) in [5, 5.41) is 0. The summed E-state index contributed by atoms with van der Waals surface area (Å²) in [6.45, 7) is 0. The van der Waals surface area contributed by atoms with Crippen molar-refractivity contribution >= 4 is 21.5 Å².